The molecular formula is C14H15N5OS2. The van der Waals surface area contributed by atoms with Crippen LogP contribution in [0.4, 0.5) is 0 Å². The summed E-state index contributed by atoms with van der Waals surface area (Å²) in [6, 6.07) is 5.53. The molecule has 22 heavy (non-hydrogen) atoms. The van der Waals surface area contributed by atoms with Crippen LogP contribution in [0.25, 0.3) is 10.7 Å². The number of amides is 1. The van der Waals surface area contributed by atoms with E-state index < -0.39 is 11.6 Å². The summed E-state index contributed by atoms with van der Waals surface area (Å²) in [7, 11) is 0. The molecule has 1 fully saturated rings. The van der Waals surface area contributed by atoms with Gasteiger partial charge in [0.25, 0.3) is 0 Å². The van der Waals surface area contributed by atoms with Crippen LogP contribution in [-0.4, -0.2) is 26.2 Å². The van der Waals surface area contributed by atoms with Crippen molar-refractivity contribution in [2.75, 3.05) is 0 Å². The van der Waals surface area contributed by atoms with Crippen molar-refractivity contribution in [1.29, 1.82) is 5.26 Å². The van der Waals surface area contributed by atoms with Gasteiger partial charge in [-0.2, -0.15) is 10.4 Å². The molecule has 2 aromatic heterocycles. The Morgan fingerprint density at radius 2 is 2.45 bits per heavy atom. The summed E-state index contributed by atoms with van der Waals surface area (Å²) in [6.45, 7) is 1.77. The maximum atomic E-state index is 12.5. The van der Waals surface area contributed by atoms with E-state index in [1.54, 1.807) is 11.5 Å². The Balaban J connectivity index is 1.88. The molecule has 1 amide bonds. The van der Waals surface area contributed by atoms with Gasteiger partial charge in [-0.25, -0.2) is 0 Å². The molecule has 0 bridgehead atoms. The molecule has 0 saturated heterocycles. The molecule has 1 aliphatic carbocycles. The number of hydrogen-bond donors (Lipinski definition) is 2. The predicted octanol–water partition coefficient (Wildman–Crippen LogP) is 2.79. The van der Waals surface area contributed by atoms with E-state index in [9.17, 15) is 10.1 Å². The van der Waals surface area contributed by atoms with Gasteiger partial charge in [0.1, 0.15) is 11.6 Å². The van der Waals surface area contributed by atoms with Crippen LogP contribution >= 0.6 is 23.6 Å². The minimum absolute atomic E-state index is 0.212. The van der Waals surface area contributed by atoms with Crippen LogP contribution < -0.4 is 5.32 Å². The summed E-state index contributed by atoms with van der Waals surface area (Å²) in [6.07, 6.45) is 2.38. The average Bonchev–Trinajstić information content (AvgIpc) is 3.10. The van der Waals surface area contributed by atoms with Crippen molar-refractivity contribution in [2.24, 2.45) is 0 Å². The minimum Gasteiger partial charge on any atom is -0.336 e. The highest BCUT2D eigenvalue weighted by Crippen LogP contribution is 2.32. The third-order valence-electron chi connectivity index (χ3n) is 4.00. The first-order valence-electron chi connectivity index (χ1n) is 7.00. The number of nitriles is 1. The Morgan fingerprint density at radius 1 is 1.68 bits per heavy atom. The highest BCUT2D eigenvalue weighted by Gasteiger charge is 2.39. The molecule has 8 heteroatoms. The number of hydrogen-bond acceptors (Lipinski definition) is 5. The van der Waals surface area contributed by atoms with Crippen LogP contribution in [0, 0.1) is 16.1 Å². The van der Waals surface area contributed by atoms with Crippen molar-refractivity contribution in [3.8, 4) is 16.8 Å². The monoisotopic (exact) mass is 333 g/mol. The van der Waals surface area contributed by atoms with Crippen LogP contribution in [0.3, 0.4) is 0 Å². The Labute approximate surface area is 136 Å². The fourth-order valence-corrected chi connectivity index (χ4v) is 3.50. The van der Waals surface area contributed by atoms with Gasteiger partial charge in [-0.1, -0.05) is 6.07 Å². The van der Waals surface area contributed by atoms with Gasteiger partial charge >= 0.3 is 0 Å². The third-order valence-corrected chi connectivity index (χ3v) is 5.15. The van der Waals surface area contributed by atoms with Gasteiger partial charge in [-0.3, -0.25) is 14.5 Å². The molecule has 2 heterocycles. The molecule has 1 atom stereocenters. The molecule has 2 aromatic rings. The van der Waals surface area contributed by atoms with Crippen molar-refractivity contribution >= 4 is 29.5 Å². The molecule has 2 N–H and O–H groups in total. The number of aromatic amines is 1. The Kier molecular flexibility index (Phi) is 3.85. The fourth-order valence-electron chi connectivity index (χ4n) is 2.50. The highest BCUT2D eigenvalue weighted by atomic mass is 32.1. The van der Waals surface area contributed by atoms with Crippen molar-refractivity contribution in [3.05, 3.63) is 22.3 Å². The number of thiophene rings is 1. The van der Waals surface area contributed by atoms with Gasteiger partial charge in [0.15, 0.2) is 10.6 Å². The molecule has 114 valence electrons. The van der Waals surface area contributed by atoms with Crippen LogP contribution in [-0.2, 0) is 4.79 Å². The first-order chi connectivity index (χ1) is 10.6. The van der Waals surface area contributed by atoms with E-state index >= 15 is 0 Å². The number of carbonyl (C=O) groups excluding carboxylic acids is 1. The quantitative estimate of drug-likeness (QED) is 0.842. The van der Waals surface area contributed by atoms with Crippen molar-refractivity contribution in [1.82, 2.24) is 20.1 Å². The van der Waals surface area contributed by atoms with Gasteiger partial charge in [-0.15, -0.1) is 11.3 Å². The van der Waals surface area contributed by atoms with Gasteiger partial charge in [-0.05, 0) is 49.9 Å². The molecule has 0 radical (unpaired) electrons. The largest absolute Gasteiger partial charge is 0.336 e. The summed E-state index contributed by atoms with van der Waals surface area (Å²) >= 11 is 6.79. The number of nitrogens with one attached hydrogen (secondary N) is 2. The maximum Gasteiger partial charge on any atom is 0.244 e. The zero-order valence-electron chi connectivity index (χ0n) is 12.0. The number of H-pyrrole nitrogens is 1. The zero-order chi connectivity index (χ0) is 15.7. The fraction of sp³-hybridized carbons (Fsp3) is 0.429. The van der Waals surface area contributed by atoms with Gasteiger partial charge in [0, 0.05) is 0 Å². The maximum absolute atomic E-state index is 12.5. The second-order valence-corrected chi connectivity index (χ2v) is 6.75. The van der Waals surface area contributed by atoms with Gasteiger partial charge < -0.3 is 5.32 Å². The zero-order valence-corrected chi connectivity index (χ0v) is 13.6. The molecule has 1 saturated carbocycles. The standard InChI is InChI=1S/C14H15N5OS2/c1-9(12(20)16-14(8-15)5-3-6-14)19-11(17-18-13(19)21)10-4-2-7-22-10/h2,4,7,9H,3,5-6H2,1H3,(H,16,20)(H,18,21)/t9-/m1/s1. The van der Waals surface area contributed by atoms with Crippen molar-refractivity contribution < 1.29 is 4.79 Å². The van der Waals surface area contributed by atoms with Crippen LogP contribution in [0.2, 0.25) is 0 Å². The van der Waals surface area contributed by atoms with E-state index in [0.29, 0.717) is 23.4 Å². The molecular weight excluding hydrogens is 318 g/mol. The van der Waals surface area contributed by atoms with Gasteiger partial charge in [0.2, 0.25) is 5.91 Å². The molecule has 3 rings (SSSR count). The summed E-state index contributed by atoms with van der Waals surface area (Å²) in [5.41, 5.74) is -0.708. The van der Waals surface area contributed by atoms with Crippen molar-refractivity contribution in [2.45, 2.75) is 37.8 Å². The van der Waals surface area contributed by atoms with E-state index in [1.807, 2.05) is 17.5 Å². The van der Waals surface area contributed by atoms with Crippen LogP contribution in [0.15, 0.2) is 17.5 Å². The number of nitrogens with zero attached hydrogens (tertiary/aromatic N) is 3. The molecule has 0 aliphatic heterocycles. The first kappa shape index (κ1) is 14.9. The second kappa shape index (κ2) is 5.66. The molecule has 1 aliphatic rings. The van der Waals surface area contributed by atoms with Gasteiger partial charge in [0.05, 0.1) is 10.9 Å². The van der Waals surface area contributed by atoms with Crippen molar-refractivity contribution in [3.63, 3.8) is 0 Å². The van der Waals surface area contributed by atoms with E-state index in [2.05, 4.69) is 21.6 Å². The summed E-state index contributed by atoms with van der Waals surface area (Å²) in [5.74, 6) is 0.429. The Hall–Kier alpha value is -1.98. The number of rotatable bonds is 4. The Morgan fingerprint density at radius 3 is 3.00 bits per heavy atom. The SMILES string of the molecule is C[C@H](C(=O)NC1(C#N)CCC1)n1c(-c2cccs2)n[nH]c1=S. The summed E-state index contributed by atoms with van der Waals surface area (Å²) in [5, 5.41) is 21.0. The summed E-state index contributed by atoms with van der Waals surface area (Å²) < 4.78 is 2.09. The van der Waals surface area contributed by atoms with E-state index in [0.717, 1.165) is 11.3 Å². The lowest BCUT2D eigenvalue weighted by Gasteiger charge is -2.36. The lowest BCUT2D eigenvalue weighted by molar-refractivity contribution is -0.126. The molecule has 6 nitrogen and oxygen atoms in total. The lowest BCUT2D eigenvalue weighted by atomic mass is 9.78. The number of carbonyl (C=O) groups is 1. The predicted molar refractivity (Wildman–Crippen MR) is 85.8 cm³/mol. The van der Waals surface area contributed by atoms with E-state index in [-0.39, 0.29) is 5.91 Å². The Bertz CT molecular complexity index is 779. The minimum atomic E-state index is -0.708. The second-order valence-electron chi connectivity index (χ2n) is 5.41. The molecule has 0 unspecified atom stereocenters. The molecule has 0 aromatic carbocycles. The topological polar surface area (TPSA) is 86.5 Å². The van der Waals surface area contributed by atoms with Crippen LogP contribution in [0.5, 0.6) is 0 Å². The lowest BCUT2D eigenvalue weighted by Crippen LogP contribution is -2.53. The smallest absolute Gasteiger partial charge is 0.244 e. The molecule has 0 spiro atoms. The van der Waals surface area contributed by atoms with E-state index in [4.69, 9.17) is 12.2 Å². The summed E-state index contributed by atoms with van der Waals surface area (Å²) in [4.78, 5) is 13.5. The van der Waals surface area contributed by atoms with E-state index in [1.165, 1.54) is 11.3 Å². The van der Waals surface area contributed by atoms with Crippen LogP contribution in [0.1, 0.15) is 32.2 Å². The normalized spacial score (nSPS) is 17.3. The highest BCUT2D eigenvalue weighted by molar-refractivity contribution is 7.71. The number of aromatic nitrogens is 3. The third kappa shape index (κ3) is 2.46. The average molecular weight is 333 g/mol. The first-order valence-corrected chi connectivity index (χ1v) is 8.29.